The normalized spacial score (nSPS) is 19.2. The quantitative estimate of drug-likeness (QED) is 0.830. The molecule has 0 radical (unpaired) electrons. The van der Waals surface area contributed by atoms with Crippen LogP contribution in [0.1, 0.15) is 44.1 Å². The molecule has 1 atom stereocenters. The van der Waals surface area contributed by atoms with Gasteiger partial charge in [0.25, 0.3) is 0 Å². The van der Waals surface area contributed by atoms with E-state index in [0.717, 1.165) is 38.0 Å². The highest BCUT2D eigenvalue weighted by molar-refractivity contribution is 5.76. The average Bonchev–Trinajstić information content (AvgIpc) is 2.85. The van der Waals surface area contributed by atoms with Gasteiger partial charge in [-0.15, -0.1) is 0 Å². The summed E-state index contributed by atoms with van der Waals surface area (Å²) in [7, 11) is 0. The fourth-order valence-electron chi connectivity index (χ4n) is 2.56. The van der Waals surface area contributed by atoms with Crippen LogP contribution in [0.2, 0.25) is 0 Å². The third-order valence-corrected chi connectivity index (χ3v) is 3.67. The molecule has 3 heteroatoms. The zero-order valence-corrected chi connectivity index (χ0v) is 11.1. The van der Waals surface area contributed by atoms with Gasteiger partial charge in [-0.25, -0.2) is 0 Å². The Hall–Kier alpha value is -1.51. The molecule has 2 N–H and O–H groups in total. The Morgan fingerprint density at radius 3 is 3.06 bits per heavy atom. The van der Waals surface area contributed by atoms with Crippen molar-refractivity contribution in [3.05, 3.63) is 29.8 Å². The summed E-state index contributed by atoms with van der Waals surface area (Å²) in [6, 6.07) is 8.04. The first-order valence-electron chi connectivity index (χ1n) is 6.84. The molecule has 1 heterocycles. The number of anilines is 1. The summed E-state index contributed by atoms with van der Waals surface area (Å²) in [4.78, 5) is 14.0. The van der Waals surface area contributed by atoms with Gasteiger partial charge < -0.3 is 10.6 Å². The van der Waals surface area contributed by atoms with Crippen molar-refractivity contribution in [2.24, 2.45) is 0 Å². The first-order chi connectivity index (χ1) is 8.70. The lowest BCUT2D eigenvalue weighted by molar-refractivity contribution is -0.130. The molecule has 1 aromatic rings. The SMILES string of the molecule is CCCCC(=O)N1CCC(c2cccc(N)c2)C1. The van der Waals surface area contributed by atoms with Crippen LogP contribution >= 0.6 is 0 Å². The smallest absolute Gasteiger partial charge is 0.222 e. The van der Waals surface area contributed by atoms with Gasteiger partial charge in [0.05, 0.1) is 0 Å². The highest BCUT2D eigenvalue weighted by Gasteiger charge is 2.26. The van der Waals surface area contributed by atoms with Crippen molar-refractivity contribution in [2.45, 2.75) is 38.5 Å². The number of benzene rings is 1. The summed E-state index contributed by atoms with van der Waals surface area (Å²) in [5.41, 5.74) is 7.88. The summed E-state index contributed by atoms with van der Waals surface area (Å²) in [6.07, 6.45) is 3.83. The van der Waals surface area contributed by atoms with Crippen LogP contribution in [-0.4, -0.2) is 23.9 Å². The van der Waals surface area contributed by atoms with Crippen molar-refractivity contribution in [3.63, 3.8) is 0 Å². The Kier molecular flexibility index (Phi) is 4.24. The maximum absolute atomic E-state index is 11.9. The Morgan fingerprint density at radius 1 is 1.50 bits per heavy atom. The van der Waals surface area contributed by atoms with Crippen LogP contribution in [0.25, 0.3) is 0 Å². The Labute approximate surface area is 109 Å². The molecule has 1 aromatic carbocycles. The van der Waals surface area contributed by atoms with Gasteiger partial charge in [-0.1, -0.05) is 25.5 Å². The fourth-order valence-corrected chi connectivity index (χ4v) is 2.56. The number of hydrogen-bond donors (Lipinski definition) is 1. The van der Waals surface area contributed by atoms with E-state index in [-0.39, 0.29) is 0 Å². The molecule has 0 aliphatic carbocycles. The number of nitrogens with zero attached hydrogens (tertiary/aromatic N) is 1. The molecular formula is C15H22N2O. The van der Waals surface area contributed by atoms with Crippen molar-refractivity contribution in [3.8, 4) is 0 Å². The van der Waals surface area contributed by atoms with E-state index < -0.39 is 0 Å². The molecule has 1 saturated heterocycles. The number of amides is 1. The summed E-state index contributed by atoms with van der Waals surface area (Å²) < 4.78 is 0. The van der Waals surface area contributed by atoms with Crippen molar-refractivity contribution in [1.82, 2.24) is 4.90 Å². The molecule has 0 aromatic heterocycles. The minimum Gasteiger partial charge on any atom is -0.399 e. The van der Waals surface area contributed by atoms with Gasteiger partial charge in [0, 0.05) is 31.1 Å². The van der Waals surface area contributed by atoms with Gasteiger partial charge in [0.15, 0.2) is 0 Å². The van der Waals surface area contributed by atoms with Gasteiger partial charge in [-0.3, -0.25) is 4.79 Å². The second-order valence-corrected chi connectivity index (χ2v) is 5.10. The van der Waals surface area contributed by atoms with E-state index in [0.29, 0.717) is 18.2 Å². The topological polar surface area (TPSA) is 46.3 Å². The van der Waals surface area contributed by atoms with Crippen LogP contribution < -0.4 is 5.73 Å². The van der Waals surface area contributed by atoms with E-state index in [1.807, 2.05) is 23.1 Å². The van der Waals surface area contributed by atoms with E-state index in [4.69, 9.17) is 5.73 Å². The molecule has 0 spiro atoms. The first kappa shape index (κ1) is 12.9. The van der Waals surface area contributed by atoms with Crippen molar-refractivity contribution in [1.29, 1.82) is 0 Å². The predicted octanol–water partition coefficient (Wildman–Crippen LogP) is 2.77. The summed E-state index contributed by atoms with van der Waals surface area (Å²) in [5.74, 6) is 0.766. The highest BCUT2D eigenvalue weighted by atomic mass is 16.2. The maximum atomic E-state index is 11.9. The molecule has 1 unspecified atom stereocenters. The minimum atomic E-state index is 0.309. The van der Waals surface area contributed by atoms with Gasteiger partial charge in [0.2, 0.25) is 5.91 Å². The first-order valence-corrected chi connectivity index (χ1v) is 6.84. The summed E-state index contributed by atoms with van der Waals surface area (Å²) in [6.45, 7) is 3.86. The standard InChI is InChI=1S/C15H22N2O/c1-2-3-7-15(18)17-9-8-13(11-17)12-5-4-6-14(16)10-12/h4-6,10,13H,2-3,7-9,11,16H2,1H3. The van der Waals surface area contributed by atoms with Crippen molar-refractivity contribution < 1.29 is 4.79 Å². The van der Waals surface area contributed by atoms with Crippen LogP contribution in [0.15, 0.2) is 24.3 Å². The molecule has 3 nitrogen and oxygen atoms in total. The third kappa shape index (κ3) is 3.03. The van der Waals surface area contributed by atoms with Crippen LogP contribution in [0.4, 0.5) is 5.69 Å². The van der Waals surface area contributed by atoms with E-state index in [9.17, 15) is 4.79 Å². The van der Waals surface area contributed by atoms with E-state index >= 15 is 0 Å². The van der Waals surface area contributed by atoms with E-state index in [1.165, 1.54) is 5.56 Å². The number of unbranched alkanes of at least 4 members (excludes halogenated alkanes) is 1. The molecule has 1 aliphatic rings. The van der Waals surface area contributed by atoms with Crippen LogP contribution in [-0.2, 0) is 4.79 Å². The predicted molar refractivity (Wildman–Crippen MR) is 74.3 cm³/mol. The largest absolute Gasteiger partial charge is 0.399 e. The number of nitrogen functional groups attached to an aromatic ring is 1. The number of likely N-dealkylation sites (tertiary alicyclic amines) is 1. The molecule has 98 valence electrons. The van der Waals surface area contributed by atoms with Gasteiger partial charge >= 0.3 is 0 Å². The molecule has 18 heavy (non-hydrogen) atoms. The number of nitrogens with two attached hydrogens (primary N) is 1. The lowest BCUT2D eigenvalue weighted by Gasteiger charge is -2.16. The molecule has 1 fully saturated rings. The highest BCUT2D eigenvalue weighted by Crippen LogP contribution is 2.28. The maximum Gasteiger partial charge on any atom is 0.222 e. The Morgan fingerprint density at radius 2 is 2.33 bits per heavy atom. The molecule has 2 rings (SSSR count). The molecule has 1 aliphatic heterocycles. The van der Waals surface area contributed by atoms with Crippen molar-refractivity contribution >= 4 is 11.6 Å². The van der Waals surface area contributed by atoms with Crippen LogP contribution in [0.5, 0.6) is 0 Å². The number of hydrogen-bond acceptors (Lipinski definition) is 2. The number of carbonyl (C=O) groups excluding carboxylic acids is 1. The number of rotatable bonds is 4. The second-order valence-electron chi connectivity index (χ2n) is 5.10. The molecular weight excluding hydrogens is 224 g/mol. The van der Waals surface area contributed by atoms with Gasteiger partial charge in [-0.2, -0.15) is 0 Å². The van der Waals surface area contributed by atoms with Crippen molar-refractivity contribution in [2.75, 3.05) is 18.8 Å². The summed E-state index contributed by atoms with van der Waals surface area (Å²) >= 11 is 0. The Balaban J connectivity index is 1.94. The Bertz CT molecular complexity index is 417. The fraction of sp³-hybridized carbons (Fsp3) is 0.533. The third-order valence-electron chi connectivity index (χ3n) is 3.67. The van der Waals surface area contributed by atoms with Crippen LogP contribution in [0, 0.1) is 0 Å². The second kappa shape index (κ2) is 5.89. The molecule has 0 saturated carbocycles. The average molecular weight is 246 g/mol. The summed E-state index contributed by atoms with van der Waals surface area (Å²) in [5, 5.41) is 0. The molecule has 0 bridgehead atoms. The number of carbonyl (C=O) groups is 1. The van der Waals surface area contributed by atoms with Gasteiger partial charge in [0.1, 0.15) is 0 Å². The van der Waals surface area contributed by atoms with Crippen LogP contribution in [0.3, 0.4) is 0 Å². The lowest BCUT2D eigenvalue weighted by Crippen LogP contribution is -2.28. The van der Waals surface area contributed by atoms with E-state index in [2.05, 4.69) is 13.0 Å². The molecule has 1 amide bonds. The zero-order chi connectivity index (χ0) is 13.0. The van der Waals surface area contributed by atoms with Gasteiger partial charge in [-0.05, 0) is 30.5 Å². The van der Waals surface area contributed by atoms with E-state index in [1.54, 1.807) is 0 Å². The lowest BCUT2D eigenvalue weighted by atomic mass is 9.98. The minimum absolute atomic E-state index is 0.309. The monoisotopic (exact) mass is 246 g/mol. The zero-order valence-electron chi connectivity index (χ0n) is 11.1.